The molecule has 0 saturated carbocycles. The number of benzene rings is 1. The standard InChI is InChI=1S/C10H8ClN5O4S/c1-4-13-14-10(15(4)12)21-8-6(11)2-5(9(17)18)3-7(8)16(19)20/h2-3H,12H2,1H3,(H,17,18). The predicted molar refractivity (Wildman–Crippen MR) is 74.1 cm³/mol. The van der Waals surface area contributed by atoms with Crippen LogP contribution in [0.2, 0.25) is 5.02 Å². The number of hydrogen-bond acceptors (Lipinski definition) is 7. The average molecular weight is 330 g/mol. The van der Waals surface area contributed by atoms with Gasteiger partial charge in [-0.3, -0.25) is 10.1 Å². The van der Waals surface area contributed by atoms with Crippen LogP contribution in [0.15, 0.2) is 22.2 Å². The number of carboxylic acid groups (broad SMARTS) is 1. The number of carbonyl (C=O) groups is 1. The third-order valence-electron chi connectivity index (χ3n) is 2.50. The Labute approximate surface area is 126 Å². The van der Waals surface area contributed by atoms with Crippen LogP contribution in [-0.4, -0.2) is 30.9 Å². The van der Waals surface area contributed by atoms with E-state index in [2.05, 4.69) is 10.2 Å². The fourth-order valence-electron chi connectivity index (χ4n) is 1.45. The Bertz CT molecular complexity index is 747. The molecule has 0 amide bonds. The molecule has 9 nitrogen and oxygen atoms in total. The minimum absolute atomic E-state index is 0.0470. The van der Waals surface area contributed by atoms with E-state index < -0.39 is 16.6 Å². The lowest BCUT2D eigenvalue weighted by Gasteiger charge is -2.06. The molecule has 21 heavy (non-hydrogen) atoms. The van der Waals surface area contributed by atoms with Crippen LogP contribution in [0.3, 0.4) is 0 Å². The van der Waals surface area contributed by atoms with Gasteiger partial charge in [-0.1, -0.05) is 11.6 Å². The van der Waals surface area contributed by atoms with Gasteiger partial charge in [0.15, 0.2) is 0 Å². The number of nitrogen functional groups attached to an aromatic ring is 1. The van der Waals surface area contributed by atoms with Gasteiger partial charge in [-0.15, -0.1) is 10.2 Å². The molecule has 11 heteroatoms. The van der Waals surface area contributed by atoms with Gasteiger partial charge in [0.2, 0.25) is 5.16 Å². The first-order valence-corrected chi connectivity index (χ1v) is 6.57. The van der Waals surface area contributed by atoms with Crippen LogP contribution in [0.5, 0.6) is 0 Å². The van der Waals surface area contributed by atoms with Gasteiger partial charge in [-0.05, 0) is 24.8 Å². The summed E-state index contributed by atoms with van der Waals surface area (Å²) in [7, 11) is 0. The third-order valence-corrected chi connectivity index (χ3v) is 4.00. The summed E-state index contributed by atoms with van der Waals surface area (Å²) in [4.78, 5) is 21.3. The molecule has 0 aliphatic carbocycles. The van der Waals surface area contributed by atoms with Gasteiger partial charge in [0, 0.05) is 6.07 Å². The zero-order chi connectivity index (χ0) is 15.7. The first kappa shape index (κ1) is 15.1. The summed E-state index contributed by atoms with van der Waals surface area (Å²) in [6, 6.07) is 2.06. The molecule has 0 spiro atoms. The Hall–Kier alpha value is -2.33. The summed E-state index contributed by atoms with van der Waals surface area (Å²) in [5, 5.41) is 27.6. The van der Waals surface area contributed by atoms with Crippen molar-refractivity contribution in [2.24, 2.45) is 0 Å². The maximum atomic E-state index is 11.1. The van der Waals surface area contributed by atoms with Crippen LogP contribution in [0.1, 0.15) is 16.2 Å². The van der Waals surface area contributed by atoms with Gasteiger partial charge in [0.25, 0.3) is 5.69 Å². The molecule has 0 unspecified atom stereocenters. The van der Waals surface area contributed by atoms with Crippen molar-refractivity contribution in [3.05, 3.63) is 38.7 Å². The number of aromatic carboxylic acids is 1. The molecule has 110 valence electrons. The second kappa shape index (κ2) is 5.58. The number of nitro benzene ring substituents is 1. The highest BCUT2D eigenvalue weighted by atomic mass is 35.5. The number of aromatic nitrogens is 3. The summed E-state index contributed by atoms with van der Waals surface area (Å²) < 4.78 is 1.15. The number of nitrogens with zero attached hydrogens (tertiary/aromatic N) is 4. The van der Waals surface area contributed by atoms with Crippen molar-refractivity contribution in [2.75, 3.05) is 5.84 Å². The normalized spacial score (nSPS) is 10.6. The minimum atomic E-state index is -1.31. The Morgan fingerprint density at radius 2 is 2.19 bits per heavy atom. The zero-order valence-corrected chi connectivity index (χ0v) is 12.1. The summed E-state index contributed by atoms with van der Waals surface area (Å²) >= 11 is 6.78. The molecule has 0 aliphatic heterocycles. The molecule has 3 N–H and O–H groups in total. The lowest BCUT2D eigenvalue weighted by atomic mass is 10.2. The molecule has 0 saturated heterocycles. The lowest BCUT2D eigenvalue weighted by Crippen LogP contribution is -2.11. The van der Waals surface area contributed by atoms with E-state index in [1.807, 2.05) is 0 Å². The van der Waals surface area contributed by atoms with Crippen molar-refractivity contribution in [3.8, 4) is 0 Å². The van der Waals surface area contributed by atoms with Crippen molar-refractivity contribution >= 4 is 35.0 Å². The Morgan fingerprint density at radius 1 is 1.52 bits per heavy atom. The van der Waals surface area contributed by atoms with Crippen molar-refractivity contribution < 1.29 is 14.8 Å². The van der Waals surface area contributed by atoms with E-state index >= 15 is 0 Å². The van der Waals surface area contributed by atoms with Gasteiger partial charge in [-0.25, -0.2) is 9.47 Å². The summed E-state index contributed by atoms with van der Waals surface area (Å²) in [5.41, 5.74) is -0.716. The fourth-order valence-corrected chi connectivity index (χ4v) is 2.67. The summed E-state index contributed by atoms with van der Waals surface area (Å²) in [6.45, 7) is 1.61. The summed E-state index contributed by atoms with van der Waals surface area (Å²) in [6.07, 6.45) is 0. The molecule has 0 atom stereocenters. The maximum absolute atomic E-state index is 11.1. The molecule has 1 aromatic carbocycles. The largest absolute Gasteiger partial charge is 0.478 e. The zero-order valence-electron chi connectivity index (χ0n) is 10.5. The number of aryl methyl sites for hydroxylation is 1. The van der Waals surface area contributed by atoms with E-state index in [0.717, 1.165) is 28.6 Å². The average Bonchev–Trinajstić information content (AvgIpc) is 2.72. The first-order chi connectivity index (χ1) is 9.81. The minimum Gasteiger partial charge on any atom is -0.478 e. The van der Waals surface area contributed by atoms with Crippen LogP contribution in [0.25, 0.3) is 0 Å². The van der Waals surface area contributed by atoms with Crippen molar-refractivity contribution in [2.45, 2.75) is 17.0 Å². The molecular weight excluding hydrogens is 322 g/mol. The second-order valence-electron chi connectivity index (χ2n) is 3.87. The molecule has 2 rings (SSSR count). The van der Waals surface area contributed by atoms with Gasteiger partial charge in [-0.2, -0.15) is 0 Å². The Balaban J connectivity index is 2.55. The fraction of sp³-hybridized carbons (Fsp3) is 0.100. The second-order valence-corrected chi connectivity index (χ2v) is 5.26. The van der Waals surface area contributed by atoms with E-state index in [4.69, 9.17) is 22.6 Å². The van der Waals surface area contributed by atoms with Crippen molar-refractivity contribution in [3.63, 3.8) is 0 Å². The smallest absolute Gasteiger partial charge is 0.335 e. The van der Waals surface area contributed by atoms with Crippen LogP contribution < -0.4 is 5.84 Å². The molecule has 0 fully saturated rings. The van der Waals surface area contributed by atoms with Crippen LogP contribution in [0.4, 0.5) is 5.69 Å². The number of rotatable bonds is 4. The number of nitro groups is 1. The van der Waals surface area contributed by atoms with E-state index in [0.29, 0.717) is 5.82 Å². The molecule has 2 aromatic rings. The third kappa shape index (κ3) is 2.90. The number of nitrogens with two attached hydrogens (primary N) is 1. The van der Waals surface area contributed by atoms with E-state index in [1.165, 1.54) is 0 Å². The van der Waals surface area contributed by atoms with Crippen molar-refractivity contribution in [1.29, 1.82) is 0 Å². The summed E-state index contributed by atoms with van der Waals surface area (Å²) in [5.74, 6) is 4.77. The van der Waals surface area contributed by atoms with Crippen molar-refractivity contribution in [1.82, 2.24) is 14.9 Å². The number of halogens is 1. The van der Waals surface area contributed by atoms with Gasteiger partial charge in [0.05, 0.1) is 15.5 Å². The van der Waals surface area contributed by atoms with Gasteiger partial charge < -0.3 is 10.9 Å². The number of carboxylic acids is 1. The van der Waals surface area contributed by atoms with E-state index in [1.54, 1.807) is 6.92 Å². The van der Waals surface area contributed by atoms with E-state index in [9.17, 15) is 14.9 Å². The molecular formula is C10H8ClN5O4S. The predicted octanol–water partition coefficient (Wildman–Crippen LogP) is 1.71. The molecule has 0 aliphatic rings. The topological polar surface area (TPSA) is 137 Å². The Morgan fingerprint density at radius 3 is 2.67 bits per heavy atom. The SMILES string of the molecule is Cc1nnc(Sc2c(Cl)cc(C(=O)O)cc2[N+](=O)[O-])n1N. The first-order valence-electron chi connectivity index (χ1n) is 5.37. The highest BCUT2D eigenvalue weighted by molar-refractivity contribution is 7.99. The molecule has 1 aromatic heterocycles. The van der Waals surface area contributed by atoms with Crippen LogP contribution in [0, 0.1) is 17.0 Å². The molecule has 0 radical (unpaired) electrons. The number of hydrogen-bond donors (Lipinski definition) is 2. The highest BCUT2D eigenvalue weighted by Crippen LogP contribution is 2.39. The quantitative estimate of drug-likeness (QED) is 0.491. The van der Waals surface area contributed by atoms with E-state index in [-0.39, 0.29) is 20.6 Å². The lowest BCUT2D eigenvalue weighted by molar-refractivity contribution is -0.387. The van der Waals surface area contributed by atoms with Gasteiger partial charge >= 0.3 is 5.97 Å². The monoisotopic (exact) mass is 329 g/mol. The van der Waals surface area contributed by atoms with Crippen LogP contribution >= 0.6 is 23.4 Å². The van der Waals surface area contributed by atoms with Crippen LogP contribution in [-0.2, 0) is 0 Å². The van der Waals surface area contributed by atoms with Gasteiger partial charge in [0.1, 0.15) is 10.7 Å². The molecule has 1 heterocycles. The Kier molecular flexibility index (Phi) is 4.00. The maximum Gasteiger partial charge on any atom is 0.335 e. The molecule has 0 bridgehead atoms. The highest BCUT2D eigenvalue weighted by Gasteiger charge is 2.24.